The van der Waals surface area contributed by atoms with Crippen molar-refractivity contribution >= 4 is 13.9 Å². The monoisotopic (exact) mass is 128 g/mol. The highest BCUT2D eigenvalue weighted by atomic mass is 16.2. The van der Waals surface area contributed by atoms with Gasteiger partial charge in [0.1, 0.15) is 0 Å². The average Bonchev–Trinajstić information content (AvgIpc) is 1.84. The van der Waals surface area contributed by atoms with E-state index in [-0.39, 0.29) is 11.9 Å². The van der Waals surface area contributed by atoms with E-state index in [0.717, 1.165) is 0 Å². The molecule has 1 atom stereocenters. The number of hydrogen-bond donors (Lipinski definition) is 1. The van der Waals surface area contributed by atoms with Gasteiger partial charge in [-0.1, -0.05) is 0 Å². The quantitative estimate of drug-likeness (QED) is 0.464. The molecular formula is C5H13BN2O. The van der Waals surface area contributed by atoms with Gasteiger partial charge < -0.3 is 10.1 Å². The fourth-order valence-corrected chi connectivity index (χ4v) is 0.511. The molecule has 0 radical (unpaired) electrons. The zero-order valence-corrected chi connectivity index (χ0v) is 6.43. The topological polar surface area (TPSA) is 32.3 Å². The van der Waals surface area contributed by atoms with Gasteiger partial charge in [-0.3, -0.25) is 4.79 Å². The fraction of sp³-hybridized carbons (Fsp3) is 0.800. The van der Waals surface area contributed by atoms with Gasteiger partial charge in [0, 0.05) is 14.1 Å². The fourth-order valence-electron chi connectivity index (χ4n) is 0.511. The third-order valence-corrected chi connectivity index (χ3v) is 1.24. The van der Waals surface area contributed by atoms with Gasteiger partial charge in [0.05, 0.1) is 6.04 Å². The van der Waals surface area contributed by atoms with Gasteiger partial charge in [0.15, 0.2) is 7.98 Å². The number of nitrogens with zero attached hydrogens (tertiary/aromatic N) is 1. The Morgan fingerprint density at radius 2 is 2.11 bits per heavy atom. The molecule has 0 aliphatic rings. The summed E-state index contributed by atoms with van der Waals surface area (Å²) in [6.45, 7) is 1.84. The van der Waals surface area contributed by atoms with Gasteiger partial charge in [-0.05, 0) is 6.92 Å². The Kier molecular flexibility index (Phi) is 3.31. The molecule has 1 N–H and O–H groups in total. The lowest BCUT2D eigenvalue weighted by Crippen LogP contribution is -2.40. The summed E-state index contributed by atoms with van der Waals surface area (Å²) in [4.78, 5) is 12.5. The molecule has 0 saturated heterocycles. The van der Waals surface area contributed by atoms with E-state index >= 15 is 0 Å². The number of amides is 1. The van der Waals surface area contributed by atoms with Gasteiger partial charge in [-0.2, -0.15) is 0 Å². The zero-order chi connectivity index (χ0) is 7.44. The number of carbonyl (C=O) groups is 1. The number of hydrogen-bond acceptors (Lipinski definition) is 2. The van der Waals surface area contributed by atoms with E-state index in [0.29, 0.717) is 0 Å². The molecular weight excluding hydrogens is 115 g/mol. The maximum absolute atomic E-state index is 10.9. The lowest BCUT2D eigenvalue weighted by Gasteiger charge is -2.15. The van der Waals surface area contributed by atoms with Crippen LogP contribution in [0.5, 0.6) is 0 Å². The molecule has 0 spiro atoms. The summed E-state index contributed by atoms with van der Waals surface area (Å²) in [5.41, 5.74) is 0. The molecule has 0 fully saturated rings. The van der Waals surface area contributed by atoms with Crippen LogP contribution in [0.4, 0.5) is 0 Å². The van der Waals surface area contributed by atoms with Crippen LogP contribution in [0, 0.1) is 0 Å². The molecule has 0 aromatic heterocycles. The third-order valence-electron chi connectivity index (χ3n) is 1.24. The van der Waals surface area contributed by atoms with E-state index in [1.807, 2.05) is 6.92 Å². The number of nitrogens with one attached hydrogen (secondary N) is 1. The Hall–Kier alpha value is -0.505. The molecule has 0 aromatic rings. The molecule has 0 saturated carbocycles. The Bertz CT molecular complexity index is 105. The molecule has 0 rings (SSSR count). The highest BCUT2D eigenvalue weighted by Gasteiger charge is 2.10. The van der Waals surface area contributed by atoms with Crippen LogP contribution in [0.25, 0.3) is 0 Å². The summed E-state index contributed by atoms with van der Waals surface area (Å²) < 4.78 is 0. The van der Waals surface area contributed by atoms with Crippen molar-refractivity contribution in [2.75, 3.05) is 14.1 Å². The number of rotatable bonds is 2. The van der Waals surface area contributed by atoms with Gasteiger partial charge in [-0.25, -0.2) is 0 Å². The smallest absolute Gasteiger partial charge is 0.237 e. The summed E-state index contributed by atoms with van der Waals surface area (Å²) in [5.74, 6) is 0.109. The van der Waals surface area contributed by atoms with Gasteiger partial charge in [-0.15, -0.1) is 0 Å². The highest BCUT2D eigenvalue weighted by Crippen LogP contribution is 1.84. The van der Waals surface area contributed by atoms with E-state index in [1.54, 1.807) is 27.0 Å². The van der Waals surface area contributed by atoms with Crippen molar-refractivity contribution in [1.82, 2.24) is 10.1 Å². The summed E-state index contributed by atoms with van der Waals surface area (Å²) >= 11 is 0. The van der Waals surface area contributed by atoms with Crippen LogP contribution in [0.2, 0.25) is 0 Å². The van der Waals surface area contributed by atoms with Crippen molar-refractivity contribution in [2.45, 2.75) is 13.0 Å². The average molecular weight is 128 g/mol. The van der Waals surface area contributed by atoms with Crippen LogP contribution in [0.3, 0.4) is 0 Å². The predicted molar refractivity (Wildman–Crippen MR) is 39.8 cm³/mol. The number of likely N-dealkylation sites (N-methyl/N-ethyl adjacent to an activating group) is 1. The Balaban J connectivity index is 3.73. The maximum Gasteiger partial charge on any atom is 0.237 e. The first-order valence-electron chi connectivity index (χ1n) is 2.98. The van der Waals surface area contributed by atoms with Gasteiger partial charge in [0.25, 0.3) is 0 Å². The lowest BCUT2D eigenvalue weighted by molar-refractivity contribution is -0.130. The van der Waals surface area contributed by atoms with Crippen LogP contribution in [0.1, 0.15) is 6.92 Å². The zero-order valence-electron chi connectivity index (χ0n) is 6.43. The molecule has 0 aromatic carbocycles. The minimum absolute atomic E-state index is 0.0694. The van der Waals surface area contributed by atoms with Crippen molar-refractivity contribution in [1.29, 1.82) is 0 Å². The molecule has 0 bridgehead atoms. The van der Waals surface area contributed by atoms with Gasteiger partial charge in [0.2, 0.25) is 5.91 Å². The summed E-state index contributed by atoms with van der Waals surface area (Å²) in [6, 6.07) is -0.0694. The van der Waals surface area contributed by atoms with E-state index in [4.69, 9.17) is 0 Å². The predicted octanol–water partition coefficient (Wildman–Crippen LogP) is -1.40. The highest BCUT2D eigenvalue weighted by molar-refractivity contribution is 6.06. The van der Waals surface area contributed by atoms with Crippen LogP contribution in [-0.4, -0.2) is 38.9 Å². The van der Waals surface area contributed by atoms with E-state index < -0.39 is 0 Å². The van der Waals surface area contributed by atoms with Crippen molar-refractivity contribution in [3.8, 4) is 0 Å². The second-order valence-electron chi connectivity index (χ2n) is 2.24. The first-order valence-corrected chi connectivity index (χ1v) is 2.98. The molecule has 1 amide bonds. The molecule has 9 heavy (non-hydrogen) atoms. The number of carbonyl (C=O) groups excluding carboxylic acids is 1. The Morgan fingerprint density at radius 1 is 1.67 bits per heavy atom. The molecule has 0 unspecified atom stereocenters. The molecule has 52 valence electrons. The van der Waals surface area contributed by atoms with Crippen LogP contribution < -0.4 is 5.23 Å². The van der Waals surface area contributed by atoms with Crippen molar-refractivity contribution in [2.24, 2.45) is 0 Å². The standard InChI is InChI=1S/C5H13BN2O/c1-4(7-6)5(9)8(2)3/h4,7H,6H2,1-3H3/t4-/m0/s1. The summed E-state index contributed by atoms with van der Waals surface area (Å²) in [5, 5.41) is 2.85. The Labute approximate surface area is 56.8 Å². The lowest BCUT2D eigenvalue weighted by atomic mass is 10.2. The maximum atomic E-state index is 10.9. The van der Waals surface area contributed by atoms with Crippen molar-refractivity contribution in [3.05, 3.63) is 0 Å². The molecule has 0 aliphatic carbocycles. The van der Waals surface area contributed by atoms with Crippen LogP contribution >= 0.6 is 0 Å². The van der Waals surface area contributed by atoms with Crippen molar-refractivity contribution < 1.29 is 4.79 Å². The van der Waals surface area contributed by atoms with Gasteiger partial charge >= 0.3 is 0 Å². The second kappa shape index (κ2) is 3.51. The van der Waals surface area contributed by atoms with E-state index in [1.165, 1.54) is 0 Å². The van der Waals surface area contributed by atoms with Crippen LogP contribution in [-0.2, 0) is 4.79 Å². The molecule has 0 aliphatic heterocycles. The largest absolute Gasteiger partial charge is 0.352 e. The van der Waals surface area contributed by atoms with E-state index in [2.05, 4.69) is 5.23 Å². The minimum Gasteiger partial charge on any atom is -0.352 e. The third kappa shape index (κ3) is 2.51. The van der Waals surface area contributed by atoms with Crippen LogP contribution in [0.15, 0.2) is 0 Å². The summed E-state index contributed by atoms with van der Waals surface area (Å²) in [7, 11) is 5.26. The molecule has 0 heterocycles. The second-order valence-corrected chi connectivity index (χ2v) is 2.24. The van der Waals surface area contributed by atoms with Crippen molar-refractivity contribution in [3.63, 3.8) is 0 Å². The summed E-state index contributed by atoms with van der Waals surface area (Å²) in [6.07, 6.45) is 0. The van der Waals surface area contributed by atoms with E-state index in [9.17, 15) is 4.79 Å². The molecule has 3 nitrogen and oxygen atoms in total. The first-order chi connectivity index (χ1) is 4.09. The normalized spacial score (nSPS) is 12.8. The molecule has 4 heteroatoms. The SMILES string of the molecule is BN[C@@H](C)C(=O)N(C)C. The minimum atomic E-state index is -0.0694. The first kappa shape index (κ1) is 8.49. The Morgan fingerprint density at radius 3 is 2.22 bits per heavy atom.